The smallest absolute Gasteiger partial charge is 0.407 e. The molecule has 38 heavy (non-hydrogen) atoms. The summed E-state index contributed by atoms with van der Waals surface area (Å²) in [6.45, 7) is 0.958. The molecule has 1 fully saturated rings. The van der Waals surface area contributed by atoms with Gasteiger partial charge in [0.05, 0.1) is 41.5 Å². The molecule has 1 aromatic heterocycles. The molecule has 2 atom stereocenters. The fraction of sp³-hybridized carbons (Fsp3) is 0.346. The van der Waals surface area contributed by atoms with Gasteiger partial charge in [0.1, 0.15) is 12.1 Å². The lowest BCUT2D eigenvalue weighted by atomic mass is 10.1. The molecule has 12 heteroatoms. The van der Waals surface area contributed by atoms with E-state index in [1.54, 1.807) is 11.0 Å². The molecule has 0 bridgehead atoms. The molecule has 1 saturated heterocycles. The highest BCUT2D eigenvalue weighted by atomic mass is 35.5. The van der Waals surface area contributed by atoms with E-state index in [-0.39, 0.29) is 43.5 Å². The number of carbonyl (C=O) groups excluding carboxylic acids is 1. The molecule has 2 aliphatic rings. The first-order valence-corrected chi connectivity index (χ1v) is 14.0. The average Bonchev–Trinajstić information content (AvgIpc) is 3.06. The summed E-state index contributed by atoms with van der Waals surface area (Å²) in [5.74, 6) is 0.442. The van der Waals surface area contributed by atoms with E-state index in [1.807, 2.05) is 35.2 Å². The zero-order valence-electron chi connectivity index (χ0n) is 20.6. The number of halogens is 1. The number of fused-ring (bicyclic) bond motifs is 2. The Morgan fingerprint density at radius 1 is 1.24 bits per heavy atom. The third kappa shape index (κ3) is 4.82. The van der Waals surface area contributed by atoms with Gasteiger partial charge < -0.3 is 24.4 Å². The molecule has 2 amide bonds. The predicted octanol–water partition coefficient (Wildman–Crippen LogP) is 3.58. The van der Waals surface area contributed by atoms with Crippen molar-refractivity contribution in [2.45, 2.75) is 37.0 Å². The second-order valence-electron chi connectivity index (χ2n) is 9.24. The summed E-state index contributed by atoms with van der Waals surface area (Å²) in [4.78, 5) is 39.3. The summed E-state index contributed by atoms with van der Waals surface area (Å²) in [5, 5.41) is 21.2. The van der Waals surface area contributed by atoms with Crippen molar-refractivity contribution < 1.29 is 19.2 Å². The number of carboxylic acid groups (broad SMARTS) is 1. The van der Waals surface area contributed by atoms with Crippen LogP contribution in [0.5, 0.6) is 0 Å². The Hall–Kier alpha value is -3.59. The first-order valence-electron chi connectivity index (χ1n) is 12.1. The highest BCUT2D eigenvalue weighted by molar-refractivity contribution is 7.90. The molecule has 0 radical (unpaired) electrons. The number of nitrogens with zero attached hydrogens (tertiary/aromatic N) is 6. The van der Waals surface area contributed by atoms with Gasteiger partial charge in [-0.05, 0) is 23.9 Å². The van der Waals surface area contributed by atoms with Gasteiger partial charge in [-0.2, -0.15) is 15.2 Å². The topological polar surface area (TPSA) is 137 Å². The van der Waals surface area contributed by atoms with E-state index in [0.717, 1.165) is 16.3 Å². The maximum absolute atomic E-state index is 13.5. The molecule has 5 rings (SSSR count). The Morgan fingerprint density at radius 2 is 2.00 bits per heavy atom. The monoisotopic (exact) mass is 552 g/mol. The summed E-state index contributed by atoms with van der Waals surface area (Å²) in [7, 11) is 0. The second kappa shape index (κ2) is 10.6. The lowest BCUT2D eigenvalue weighted by molar-refractivity contribution is -0.118. The first-order chi connectivity index (χ1) is 18.3. The lowest BCUT2D eigenvalue weighted by Crippen LogP contribution is -2.55. The number of nitriles is 1. The molecule has 10 nitrogen and oxygen atoms in total. The van der Waals surface area contributed by atoms with E-state index in [2.05, 4.69) is 16.0 Å². The van der Waals surface area contributed by atoms with Crippen LogP contribution in [0.1, 0.15) is 24.1 Å². The van der Waals surface area contributed by atoms with Crippen LogP contribution in [0.15, 0.2) is 41.6 Å². The highest BCUT2D eigenvalue weighted by Crippen LogP contribution is 2.37. The molecular weight excluding hydrogens is 528 g/mol. The van der Waals surface area contributed by atoms with Crippen LogP contribution in [0.2, 0.25) is 5.02 Å². The van der Waals surface area contributed by atoms with E-state index < -0.39 is 23.3 Å². The number of carbonyl (C=O) groups is 2. The number of hydrogen-bond acceptors (Lipinski definition) is 7. The summed E-state index contributed by atoms with van der Waals surface area (Å²) in [6.07, 6.45) is 1.04. The van der Waals surface area contributed by atoms with Crippen molar-refractivity contribution in [2.75, 3.05) is 35.7 Å². The average molecular weight is 553 g/mol. The molecule has 196 valence electrons. The summed E-state index contributed by atoms with van der Waals surface area (Å²) < 4.78 is 12.5. The summed E-state index contributed by atoms with van der Waals surface area (Å²) in [5.41, 5.74) is 2.03. The van der Waals surface area contributed by atoms with Crippen molar-refractivity contribution in [3.05, 3.63) is 52.7 Å². The number of rotatable bonds is 4. The van der Waals surface area contributed by atoms with Gasteiger partial charge >= 0.3 is 11.2 Å². The van der Waals surface area contributed by atoms with Gasteiger partial charge in [-0.3, -0.25) is 4.79 Å². The second-order valence-corrected chi connectivity index (χ2v) is 10.9. The van der Waals surface area contributed by atoms with Crippen LogP contribution in [-0.2, 0) is 28.9 Å². The maximum Gasteiger partial charge on any atom is 0.407 e. The fourth-order valence-electron chi connectivity index (χ4n) is 5.18. The minimum absolute atomic E-state index is 0.0384. The van der Waals surface area contributed by atoms with E-state index in [4.69, 9.17) is 11.6 Å². The largest absolute Gasteiger partial charge is 0.609 e. The molecule has 0 aliphatic carbocycles. The van der Waals surface area contributed by atoms with Gasteiger partial charge in [0, 0.05) is 48.2 Å². The van der Waals surface area contributed by atoms with Crippen LogP contribution < -0.4 is 9.80 Å². The molecular formula is C26H25ClN6O4S. The first kappa shape index (κ1) is 26.0. The number of anilines is 2. The number of piperazine rings is 1. The third-order valence-electron chi connectivity index (χ3n) is 6.98. The Bertz CT molecular complexity index is 1460. The summed E-state index contributed by atoms with van der Waals surface area (Å²) in [6, 6.07) is 12.8. The summed E-state index contributed by atoms with van der Waals surface area (Å²) >= 11 is 5.06. The van der Waals surface area contributed by atoms with E-state index in [1.165, 1.54) is 11.2 Å². The maximum atomic E-state index is 13.5. The van der Waals surface area contributed by atoms with Crippen molar-refractivity contribution in [2.24, 2.45) is 0 Å². The quantitative estimate of drug-likeness (QED) is 0.383. The molecule has 3 aromatic rings. The Morgan fingerprint density at radius 3 is 2.71 bits per heavy atom. The fourth-order valence-corrected chi connectivity index (χ4v) is 5.91. The van der Waals surface area contributed by atoms with Gasteiger partial charge in [-0.25, -0.2) is 4.79 Å². The van der Waals surface area contributed by atoms with Crippen LogP contribution in [0, 0.1) is 11.3 Å². The van der Waals surface area contributed by atoms with Gasteiger partial charge in [0.25, 0.3) is 0 Å². The standard InChI is InChI=1S/C26H25ClN6O4S/c1-38(37)25-29-20-15-33(21-7-3-5-16-4-2-6-19(27)23(16)21)22(34)9-8-18(20)24(30-25)31-12-13-32(26(35)36)17(14-31)10-11-28/h2-7,17H,8-10,12-15H2,1H3,(H,35,36). The SMILES string of the molecule is C[S+]([O-])c1nc2c(c(N3CCN(C(=O)O)C(CC#N)C3)n1)CCC(=O)N(c1cccc3cccc(Cl)c13)C2. The van der Waals surface area contributed by atoms with Crippen LogP contribution in [0.4, 0.5) is 16.3 Å². The third-order valence-corrected chi connectivity index (χ3v) is 7.99. The lowest BCUT2D eigenvalue weighted by Gasteiger charge is -2.40. The molecule has 1 N–H and O–H groups in total. The minimum Gasteiger partial charge on any atom is -0.609 e. The predicted molar refractivity (Wildman–Crippen MR) is 144 cm³/mol. The van der Waals surface area contributed by atoms with E-state index in [9.17, 15) is 24.5 Å². The zero-order valence-corrected chi connectivity index (χ0v) is 22.2. The molecule has 2 unspecified atom stereocenters. The minimum atomic E-state index is -1.49. The Balaban J connectivity index is 1.58. The van der Waals surface area contributed by atoms with E-state index in [0.29, 0.717) is 35.2 Å². The Kier molecular flexibility index (Phi) is 7.29. The number of benzene rings is 2. The zero-order chi connectivity index (χ0) is 27.0. The van der Waals surface area contributed by atoms with Crippen LogP contribution >= 0.6 is 11.6 Å². The number of amides is 2. The molecule has 2 aliphatic heterocycles. The van der Waals surface area contributed by atoms with Crippen molar-refractivity contribution in [1.29, 1.82) is 5.26 Å². The molecule has 2 aromatic carbocycles. The Labute approximate surface area is 227 Å². The van der Waals surface area contributed by atoms with Crippen molar-refractivity contribution >= 4 is 57.1 Å². The number of aromatic nitrogens is 2. The molecule has 0 saturated carbocycles. The van der Waals surface area contributed by atoms with Crippen LogP contribution in [-0.4, -0.2) is 68.5 Å². The van der Waals surface area contributed by atoms with Crippen LogP contribution in [0.25, 0.3) is 10.8 Å². The van der Waals surface area contributed by atoms with Crippen molar-refractivity contribution in [3.8, 4) is 6.07 Å². The molecule has 3 heterocycles. The normalized spacial score (nSPS) is 18.6. The van der Waals surface area contributed by atoms with Crippen molar-refractivity contribution in [3.63, 3.8) is 0 Å². The van der Waals surface area contributed by atoms with Gasteiger partial charge in [0.15, 0.2) is 0 Å². The highest BCUT2D eigenvalue weighted by Gasteiger charge is 2.35. The van der Waals surface area contributed by atoms with Crippen molar-refractivity contribution in [1.82, 2.24) is 14.9 Å². The number of hydrogen-bond donors (Lipinski definition) is 1. The van der Waals surface area contributed by atoms with Gasteiger partial charge in [0.2, 0.25) is 5.91 Å². The molecule has 0 spiro atoms. The van der Waals surface area contributed by atoms with Gasteiger partial charge in [-0.1, -0.05) is 35.9 Å². The van der Waals surface area contributed by atoms with E-state index >= 15 is 0 Å². The van der Waals surface area contributed by atoms with Gasteiger partial charge in [-0.15, -0.1) is 0 Å². The van der Waals surface area contributed by atoms with Crippen LogP contribution in [0.3, 0.4) is 0 Å².